The van der Waals surface area contributed by atoms with E-state index < -0.39 is 0 Å². The lowest BCUT2D eigenvalue weighted by molar-refractivity contribution is 0.874. The zero-order valence-corrected chi connectivity index (χ0v) is 19.8. The molecule has 0 aliphatic carbocycles. The Kier molecular flexibility index (Phi) is 12.0. The van der Waals surface area contributed by atoms with Crippen molar-refractivity contribution in [3.8, 4) is 0 Å². The lowest BCUT2D eigenvalue weighted by Crippen LogP contribution is -2.27. The molecule has 8 heteroatoms. The zero-order chi connectivity index (χ0) is 21.6. The molecule has 0 aliphatic heterocycles. The van der Waals surface area contributed by atoms with Crippen molar-refractivity contribution in [1.29, 1.82) is 0 Å². The Morgan fingerprint density at radius 3 is 1.10 bits per heavy atom. The highest BCUT2D eigenvalue weighted by molar-refractivity contribution is 6.19. The van der Waals surface area contributed by atoms with E-state index in [1.54, 1.807) is 12.4 Å². The summed E-state index contributed by atoms with van der Waals surface area (Å²) in [4.78, 5) is 4.31. The monoisotopic (exact) mass is 486 g/mol. The third-order valence-electron chi connectivity index (χ3n) is 4.41. The molecule has 30 heavy (non-hydrogen) atoms. The van der Waals surface area contributed by atoms with Crippen LogP contribution in [0.25, 0.3) is 0 Å². The minimum atomic E-state index is 0.563. The van der Waals surface area contributed by atoms with Crippen LogP contribution in [0.15, 0.2) is 58.7 Å². The lowest BCUT2D eigenvalue weighted by atomic mass is 10.2. The molecule has 4 nitrogen and oxygen atoms in total. The molecule has 0 unspecified atom stereocenters. The molecule has 0 heterocycles. The molecule has 0 atom stereocenters. The summed E-state index contributed by atoms with van der Waals surface area (Å²) in [6.45, 7) is 3.06. The molecule has 0 saturated heterocycles. The van der Waals surface area contributed by atoms with E-state index in [1.807, 2.05) is 48.5 Å². The van der Waals surface area contributed by atoms with Gasteiger partial charge in [0, 0.05) is 61.1 Å². The number of hydrogen-bond acceptors (Lipinski definition) is 4. The maximum atomic E-state index is 5.87. The van der Waals surface area contributed by atoms with Gasteiger partial charge in [-0.05, 0) is 35.4 Å². The standard InChI is InChI=1S/C22H26Cl4N4/c23-9-13-29(14-10-24)21-5-1-19(2-6-21)17-27-28-18-20-3-7-22(8-4-20)30(15-11-25)16-12-26/h1-8,17-18H,9-16H2/b27-17-,28-18-. The minimum absolute atomic E-state index is 0.563. The number of anilines is 2. The molecule has 0 fully saturated rings. The third kappa shape index (κ3) is 8.35. The summed E-state index contributed by atoms with van der Waals surface area (Å²) in [5.74, 6) is 2.25. The average molecular weight is 488 g/mol. The van der Waals surface area contributed by atoms with Crippen LogP contribution in [0.5, 0.6) is 0 Å². The molecular formula is C22H26Cl4N4. The van der Waals surface area contributed by atoms with Gasteiger partial charge < -0.3 is 9.80 Å². The van der Waals surface area contributed by atoms with Crippen molar-refractivity contribution in [3.63, 3.8) is 0 Å². The SMILES string of the molecule is ClCCN(CCCl)c1ccc(/C=N\N=C/c2ccc(N(CCCl)CCCl)cc2)cc1. The Morgan fingerprint density at radius 1 is 0.533 bits per heavy atom. The second-order valence-electron chi connectivity index (χ2n) is 6.40. The van der Waals surface area contributed by atoms with E-state index in [9.17, 15) is 0 Å². The van der Waals surface area contributed by atoms with E-state index in [4.69, 9.17) is 46.4 Å². The van der Waals surface area contributed by atoms with Gasteiger partial charge in [0.25, 0.3) is 0 Å². The quantitative estimate of drug-likeness (QED) is 0.206. The second-order valence-corrected chi connectivity index (χ2v) is 7.91. The van der Waals surface area contributed by atoms with Gasteiger partial charge in [-0.2, -0.15) is 10.2 Å². The molecule has 0 aliphatic rings. The number of benzene rings is 2. The fraction of sp³-hybridized carbons (Fsp3) is 0.364. The minimum Gasteiger partial charge on any atom is -0.369 e. The maximum Gasteiger partial charge on any atom is 0.0568 e. The first-order valence-electron chi connectivity index (χ1n) is 9.72. The summed E-state index contributed by atoms with van der Waals surface area (Å²) < 4.78 is 0. The van der Waals surface area contributed by atoms with Gasteiger partial charge in [-0.1, -0.05) is 24.3 Å². The topological polar surface area (TPSA) is 31.2 Å². The number of nitrogens with zero attached hydrogens (tertiary/aromatic N) is 4. The van der Waals surface area contributed by atoms with Crippen LogP contribution in [0.4, 0.5) is 11.4 Å². The Hall–Kier alpha value is -1.46. The summed E-state index contributed by atoms with van der Waals surface area (Å²) in [7, 11) is 0. The van der Waals surface area contributed by atoms with E-state index in [2.05, 4.69) is 20.0 Å². The third-order valence-corrected chi connectivity index (χ3v) is 5.09. The Labute approximate surface area is 199 Å². The highest BCUT2D eigenvalue weighted by Crippen LogP contribution is 2.16. The van der Waals surface area contributed by atoms with E-state index in [1.165, 1.54) is 0 Å². The van der Waals surface area contributed by atoms with Gasteiger partial charge >= 0.3 is 0 Å². The molecule has 0 saturated carbocycles. The molecule has 2 aromatic rings. The molecule has 0 radical (unpaired) electrons. The van der Waals surface area contributed by atoms with Crippen LogP contribution in [0.3, 0.4) is 0 Å². The number of halogens is 4. The first kappa shape index (κ1) is 24.8. The van der Waals surface area contributed by atoms with Gasteiger partial charge in [-0.3, -0.25) is 0 Å². The fourth-order valence-electron chi connectivity index (χ4n) is 2.89. The predicted molar refractivity (Wildman–Crippen MR) is 135 cm³/mol. The van der Waals surface area contributed by atoms with Crippen molar-refractivity contribution < 1.29 is 0 Å². The Balaban J connectivity index is 1.94. The molecule has 0 amide bonds. The summed E-state index contributed by atoms with van der Waals surface area (Å²) in [6, 6.07) is 16.2. The zero-order valence-electron chi connectivity index (χ0n) is 16.7. The number of rotatable bonds is 13. The lowest BCUT2D eigenvalue weighted by Gasteiger charge is -2.22. The first-order valence-corrected chi connectivity index (χ1v) is 11.9. The van der Waals surface area contributed by atoms with Crippen LogP contribution in [-0.2, 0) is 0 Å². The smallest absolute Gasteiger partial charge is 0.0568 e. The Bertz CT molecular complexity index is 699. The number of hydrogen-bond donors (Lipinski definition) is 0. The van der Waals surface area contributed by atoms with Gasteiger partial charge in [0.05, 0.1) is 12.4 Å². The molecule has 162 valence electrons. The number of alkyl halides is 4. The molecule has 2 rings (SSSR count). The molecule has 0 spiro atoms. The molecule has 0 N–H and O–H groups in total. The van der Waals surface area contributed by atoms with Crippen molar-refractivity contribution in [2.24, 2.45) is 10.2 Å². The normalized spacial score (nSPS) is 11.5. The van der Waals surface area contributed by atoms with Crippen molar-refractivity contribution in [3.05, 3.63) is 59.7 Å². The van der Waals surface area contributed by atoms with Crippen LogP contribution in [0, 0.1) is 0 Å². The van der Waals surface area contributed by atoms with Crippen LogP contribution >= 0.6 is 46.4 Å². The van der Waals surface area contributed by atoms with E-state index in [0.29, 0.717) is 23.5 Å². The van der Waals surface area contributed by atoms with Gasteiger partial charge in [0.1, 0.15) is 0 Å². The van der Waals surface area contributed by atoms with Crippen LogP contribution in [-0.4, -0.2) is 62.1 Å². The van der Waals surface area contributed by atoms with Crippen LogP contribution in [0.1, 0.15) is 11.1 Å². The van der Waals surface area contributed by atoms with Crippen molar-refractivity contribution in [2.75, 3.05) is 59.5 Å². The van der Waals surface area contributed by atoms with E-state index >= 15 is 0 Å². The van der Waals surface area contributed by atoms with Crippen molar-refractivity contribution in [2.45, 2.75) is 0 Å². The molecule has 0 aromatic heterocycles. The second kappa shape index (κ2) is 14.5. The highest BCUT2D eigenvalue weighted by atomic mass is 35.5. The van der Waals surface area contributed by atoms with Crippen LogP contribution < -0.4 is 9.80 Å². The van der Waals surface area contributed by atoms with Crippen LogP contribution in [0.2, 0.25) is 0 Å². The highest BCUT2D eigenvalue weighted by Gasteiger charge is 2.05. The fourth-order valence-corrected chi connectivity index (χ4v) is 3.71. The first-order chi connectivity index (χ1) is 14.7. The summed E-state index contributed by atoms with van der Waals surface area (Å²) in [6.07, 6.45) is 3.45. The van der Waals surface area contributed by atoms with E-state index in [0.717, 1.165) is 48.7 Å². The van der Waals surface area contributed by atoms with Gasteiger partial charge in [0.15, 0.2) is 0 Å². The van der Waals surface area contributed by atoms with Gasteiger partial charge in [-0.25, -0.2) is 0 Å². The summed E-state index contributed by atoms with van der Waals surface area (Å²) >= 11 is 23.5. The average Bonchev–Trinajstić information content (AvgIpc) is 2.77. The largest absolute Gasteiger partial charge is 0.369 e. The molecule has 2 aromatic carbocycles. The van der Waals surface area contributed by atoms with Gasteiger partial charge in [-0.15, -0.1) is 46.4 Å². The van der Waals surface area contributed by atoms with Crippen molar-refractivity contribution in [1.82, 2.24) is 0 Å². The summed E-state index contributed by atoms with van der Waals surface area (Å²) in [5, 5.41) is 8.29. The van der Waals surface area contributed by atoms with Crippen molar-refractivity contribution >= 4 is 70.2 Å². The molecular weight excluding hydrogens is 462 g/mol. The van der Waals surface area contributed by atoms with Gasteiger partial charge in [0.2, 0.25) is 0 Å². The van der Waals surface area contributed by atoms with E-state index in [-0.39, 0.29) is 0 Å². The molecule has 0 bridgehead atoms. The maximum absolute atomic E-state index is 5.87. The summed E-state index contributed by atoms with van der Waals surface area (Å²) in [5.41, 5.74) is 4.13. The predicted octanol–water partition coefficient (Wildman–Crippen LogP) is 5.71. The Morgan fingerprint density at radius 2 is 0.833 bits per heavy atom.